The van der Waals surface area contributed by atoms with Gasteiger partial charge in [0.05, 0.1) is 18.6 Å². The number of hydrogen-bond acceptors (Lipinski definition) is 5. The number of methoxy groups -OCH3 is 1. The molecule has 7 heteroatoms. The summed E-state index contributed by atoms with van der Waals surface area (Å²) in [5.74, 6) is 0.659. The van der Waals surface area contributed by atoms with E-state index in [1.54, 1.807) is 24.5 Å². The molecule has 0 fully saturated rings. The highest BCUT2D eigenvalue weighted by molar-refractivity contribution is 7.91. The Hall–Kier alpha value is -2.90. The summed E-state index contributed by atoms with van der Waals surface area (Å²) in [5.41, 5.74) is 3.99. The van der Waals surface area contributed by atoms with Gasteiger partial charge >= 0.3 is 0 Å². The summed E-state index contributed by atoms with van der Waals surface area (Å²) in [4.78, 5) is 6.53. The van der Waals surface area contributed by atoms with Gasteiger partial charge in [-0.15, -0.1) is 11.3 Å². The molecule has 5 nitrogen and oxygen atoms in total. The molecule has 154 valence electrons. The Kier molecular flexibility index (Phi) is 5.49. The number of pyridine rings is 1. The van der Waals surface area contributed by atoms with Gasteiger partial charge in [-0.25, -0.2) is 13.4 Å². The van der Waals surface area contributed by atoms with E-state index in [4.69, 9.17) is 4.74 Å². The minimum absolute atomic E-state index is 0.0890. The molecule has 0 spiro atoms. The number of benzene rings is 2. The zero-order valence-electron chi connectivity index (χ0n) is 17.0. The Bertz CT molecular complexity index is 1310. The Morgan fingerprint density at radius 1 is 1.03 bits per heavy atom. The largest absolute Gasteiger partial charge is 0.497 e. The van der Waals surface area contributed by atoms with Crippen LogP contribution in [0.25, 0.3) is 21.3 Å². The van der Waals surface area contributed by atoms with Gasteiger partial charge in [0.1, 0.15) is 10.6 Å². The van der Waals surface area contributed by atoms with E-state index in [1.165, 1.54) is 0 Å². The number of aromatic nitrogens is 1. The van der Waals surface area contributed by atoms with Crippen molar-refractivity contribution in [2.75, 3.05) is 11.8 Å². The second kappa shape index (κ2) is 8.08. The van der Waals surface area contributed by atoms with Gasteiger partial charge in [-0.05, 0) is 43.2 Å². The standard InChI is InChI=1S/C23H22N2O3S2/c1-15-12-20(25-30(26,27)14-17-8-5-4-6-9-17)22-21(16(2)29-23(22)24-15)18-10-7-11-19(13-18)28-3/h4-13H,14H2,1-3H3,(H,24,25). The fourth-order valence-electron chi connectivity index (χ4n) is 3.54. The summed E-state index contributed by atoms with van der Waals surface area (Å²) < 4.78 is 34.1. The van der Waals surface area contributed by atoms with E-state index >= 15 is 0 Å². The molecule has 4 aromatic rings. The monoisotopic (exact) mass is 438 g/mol. The van der Waals surface area contributed by atoms with Crippen molar-refractivity contribution in [1.82, 2.24) is 4.98 Å². The average molecular weight is 439 g/mol. The topological polar surface area (TPSA) is 68.3 Å². The molecule has 4 rings (SSSR count). The van der Waals surface area contributed by atoms with Crippen molar-refractivity contribution in [2.45, 2.75) is 19.6 Å². The van der Waals surface area contributed by atoms with Crippen molar-refractivity contribution in [2.24, 2.45) is 0 Å². The first-order valence-corrected chi connectivity index (χ1v) is 11.9. The number of nitrogens with zero attached hydrogens (tertiary/aromatic N) is 1. The summed E-state index contributed by atoms with van der Waals surface area (Å²) in [6.07, 6.45) is 0. The molecule has 30 heavy (non-hydrogen) atoms. The lowest BCUT2D eigenvalue weighted by molar-refractivity contribution is 0.415. The van der Waals surface area contributed by atoms with Crippen molar-refractivity contribution >= 4 is 37.3 Å². The highest BCUT2D eigenvalue weighted by Crippen LogP contribution is 2.42. The summed E-state index contributed by atoms with van der Waals surface area (Å²) in [5, 5.41) is 0.813. The molecule has 0 aliphatic heterocycles. The summed E-state index contributed by atoms with van der Waals surface area (Å²) in [6.45, 7) is 3.90. The molecule has 2 aromatic carbocycles. The Morgan fingerprint density at radius 2 is 1.80 bits per heavy atom. The summed E-state index contributed by atoms with van der Waals surface area (Å²) >= 11 is 1.56. The van der Waals surface area contributed by atoms with Crippen LogP contribution >= 0.6 is 11.3 Å². The van der Waals surface area contributed by atoms with Crippen molar-refractivity contribution in [3.8, 4) is 16.9 Å². The van der Waals surface area contributed by atoms with E-state index < -0.39 is 10.0 Å². The van der Waals surface area contributed by atoms with Crippen LogP contribution in [0.2, 0.25) is 0 Å². The maximum absolute atomic E-state index is 12.9. The van der Waals surface area contributed by atoms with Crippen LogP contribution in [0.4, 0.5) is 5.69 Å². The fraction of sp³-hybridized carbons (Fsp3) is 0.174. The van der Waals surface area contributed by atoms with Gasteiger partial charge in [-0.1, -0.05) is 42.5 Å². The van der Waals surface area contributed by atoms with E-state index in [0.29, 0.717) is 5.69 Å². The number of ether oxygens (including phenoxy) is 1. The molecule has 1 N–H and O–H groups in total. The van der Waals surface area contributed by atoms with Crippen LogP contribution in [0, 0.1) is 13.8 Å². The molecule has 0 unspecified atom stereocenters. The molecule has 0 radical (unpaired) electrons. The van der Waals surface area contributed by atoms with Crippen LogP contribution in [0.3, 0.4) is 0 Å². The normalized spacial score (nSPS) is 11.6. The lowest BCUT2D eigenvalue weighted by atomic mass is 10.0. The van der Waals surface area contributed by atoms with E-state index in [2.05, 4.69) is 9.71 Å². The number of hydrogen-bond donors (Lipinski definition) is 1. The SMILES string of the molecule is COc1cccc(-c2c(C)sc3nc(C)cc(NS(=O)(=O)Cc4ccccc4)c23)c1. The van der Waals surface area contributed by atoms with Gasteiger partial charge in [-0.2, -0.15) is 0 Å². The first kappa shape index (κ1) is 20.4. The van der Waals surface area contributed by atoms with Gasteiger partial charge < -0.3 is 4.74 Å². The van der Waals surface area contributed by atoms with E-state index in [0.717, 1.165) is 43.2 Å². The lowest BCUT2D eigenvalue weighted by Crippen LogP contribution is -2.15. The third-order valence-electron chi connectivity index (χ3n) is 4.79. The first-order valence-electron chi connectivity index (χ1n) is 9.46. The number of aryl methyl sites for hydroxylation is 2. The predicted molar refractivity (Wildman–Crippen MR) is 124 cm³/mol. The number of sulfonamides is 1. The minimum atomic E-state index is -3.60. The second-order valence-corrected chi connectivity index (χ2v) is 10.0. The second-order valence-electron chi connectivity index (χ2n) is 7.10. The van der Waals surface area contributed by atoms with Gasteiger partial charge in [0.2, 0.25) is 10.0 Å². The summed E-state index contributed by atoms with van der Waals surface area (Å²) in [7, 11) is -1.97. The van der Waals surface area contributed by atoms with E-state index in [-0.39, 0.29) is 5.75 Å². The maximum atomic E-state index is 12.9. The quantitative estimate of drug-likeness (QED) is 0.430. The lowest BCUT2D eigenvalue weighted by Gasteiger charge is -2.12. The molecule has 0 amide bonds. The molecule has 0 atom stereocenters. The van der Waals surface area contributed by atoms with Crippen LogP contribution in [0.5, 0.6) is 5.75 Å². The number of rotatable bonds is 6. The minimum Gasteiger partial charge on any atom is -0.497 e. The van der Waals surface area contributed by atoms with Crippen LogP contribution < -0.4 is 9.46 Å². The van der Waals surface area contributed by atoms with Crippen LogP contribution in [0.1, 0.15) is 16.1 Å². The first-order chi connectivity index (χ1) is 14.4. The predicted octanol–water partition coefficient (Wildman–Crippen LogP) is 5.53. The van der Waals surface area contributed by atoms with Gasteiger partial charge in [0, 0.05) is 21.5 Å². The molecule has 2 heterocycles. The molecule has 0 saturated heterocycles. The number of thiophene rings is 1. The molecule has 2 aromatic heterocycles. The van der Waals surface area contributed by atoms with Gasteiger partial charge in [-0.3, -0.25) is 4.72 Å². The molecular formula is C23H22N2O3S2. The Morgan fingerprint density at radius 3 is 2.53 bits per heavy atom. The smallest absolute Gasteiger partial charge is 0.236 e. The summed E-state index contributed by atoms with van der Waals surface area (Å²) in [6, 6.07) is 18.7. The molecule has 0 aliphatic carbocycles. The zero-order chi connectivity index (χ0) is 21.3. The van der Waals surface area contributed by atoms with Crippen molar-refractivity contribution in [3.63, 3.8) is 0 Å². The average Bonchev–Trinajstić information content (AvgIpc) is 3.03. The Labute approximate surface area is 180 Å². The highest BCUT2D eigenvalue weighted by Gasteiger charge is 2.20. The van der Waals surface area contributed by atoms with Gasteiger partial charge in [0.25, 0.3) is 0 Å². The van der Waals surface area contributed by atoms with E-state index in [1.807, 2.05) is 68.4 Å². The van der Waals surface area contributed by atoms with Crippen molar-refractivity contribution in [1.29, 1.82) is 0 Å². The molecular weight excluding hydrogens is 416 g/mol. The van der Waals surface area contributed by atoms with Crippen LogP contribution in [0.15, 0.2) is 60.7 Å². The van der Waals surface area contributed by atoms with Crippen molar-refractivity contribution in [3.05, 3.63) is 76.8 Å². The van der Waals surface area contributed by atoms with Gasteiger partial charge in [0.15, 0.2) is 0 Å². The Balaban J connectivity index is 1.83. The number of anilines is 1. The molecule has 0 aliphatic rings. The van der Waals surface area contributed by atoms with E-state index in [9.17, 15) is 8.42 Å². The number of fused-ring (bicyclic) bond motifs is 1. The fourth-order valence-corrected chi connectivity index (χ4v) is 5.85. The zero-order valence-corrected chi connectivity index (χ0v) is 18.6. The van der Waals surface area contributed by atoms with Crippen LogP contribution in [-0.4, -0.2) is 20.5 Å². The molecule has 0 bridgehead atoms. The third kappa shape index (κ3) is 4.17. The van der Waals surface area contributed by atoms with Crippen LogP contribution in [-0.2, 0) is 15.8 Å². The maximum Gasteiger partial charge on any atom is 0.236 e. The van der Waals surface area contributed by atoms with Crippen molar-refractivity contribution < 1.29 is 13.2 Å². The molecule has 0 saturated carbocycles. The third-order valence-corrected chi connectivity index (χ3v) is 7.03. The highest BCUT2D eigenvalue weighted by atomic mass is 32.2. The number of nitrogens with one attached hydrogen (secondary N) is 1.